The van der Waals surface area contributed by atoms with E-state index in [1.165, 1.54) is 12.1 Å². The second kappa shape index (κ2) is 5.18. The van der Waals surface area contributed by atoms with Crippen LogP contribution in [-0.4, -0.2) is 18.1 Å². The standard InChI is InChI=1S/C9H11F2NO2S/c1-6-5-7(12(13)15-2)3-4-8(6)14-9(10)11/h3-5,9,13H,1-2H3. The molecule has 1 aromatic rings. The maximum atomic E-state index is 11.9. The molecule has 0 fully saturated rings. The quantitative estimate of drug-likeness (QED) is 0.642. The Kier molecular flexibility index (Phi) is 4.16. The van der Waals surface area contributed by atoms with Crippen LogP contribution in [0.4, 0.5) is 14.5 Å². The van der Waals surface area contributed by atoms with Gasteiger partial charge in [-0.1, -0.05) is 0 Å². The highest BCUT2D eigenvalue weighted by Gasteiger charge is 2.09. The first-order valence-corrected chi connectivity index (χ1v) is 5.31. The molecule has 0 amide bonds. The van der Waals surface area contributed by atoms with Crippen molar-refractivity contribution in [1.29, 1.82) is 0 Å². The maximum absolute atomic E-state index is 11.9. The van der Waals surface area contributed by atoms with E-state index in [1.807, 2.05) is 0 Å². The fraction of sp³-hybridized carbons (Fsp3) is 0.333. The van der Waals surface area contributed by atoms with Crippen molar-refractivity contribution in [2.75, 3.05) is 10.7 Å². The molecule has 0 saturated carbocycles. The highest BCUT2D eigenvalue weighted by Crippen LogP contribution is 2.27. The summed E-state index contributed by atoms with van der Waals surface area (Å²) >= 11 is 1.11. The molecule has 0 atom stereocenters. The molecule has 0 aliphatic heterocycles. The highest BCUT2D eigenvalue weighted by molar-refractivity contribution is 7.99. The van der Waals surface area contributed by atoms with Gasteiger partial charge in [-0.3, -0.25) is 5.21 Å². The first kappa shape index (κ1) is 12.1. The molecule has 0 bridgehead atoms. The number of nitrogens with zero attached hydrogens (tertiary/aromatic N) is 1. The van der Waals surface area contributed by atoms with Crippen LogP contribution in [0.2, 0.25) is 0 Å². The first-order chi connectivity index (χ1) is 7.04. The van der Waals surface area contributed by atoms with Gasteiger partial charge >= 0.3 is 6.61 Å². The lowest BCUT2D eigenvalue weighted by atomic mass is 10.2. The minimum absolute atomic E-state index is 0.114. The van der Waals surface area contributed by atoms with Crippen LogP contribution in [0.3, 0.4) is 0 Å². The third-order valence-electron chi connectivity index (χ3n) is 1.77. The maximum Gasteiger partial charge on any atom is 0.387 e. The number of hydrogen-bond acceptors (Lipinski definition) is 4. The van der Waals surface area contributed by atoms with Gasteiger partial charge in [0.25, 0.3) is 0 Å². The summed E-state index contributed by atoms with van der Waals surface area (Å²) in [5, 5.41) is 9.33. The fourth-order valence-corrected chi connectivity index (χ4v) is 1.41. The van der Waals surface area contributed by atoms with Crippen molar-refractivity contribution in [3.63, 3.8) is 0 Å². The van der Waals surface area contributed by atoms with Crippen molar-refractivity contribution in [3.8, 4) is 5.75 Å². The van der Waals surface area contributed by atoms with Crippen molar-refractivity contribution in [1.82, 2.24) is 0 Å². The molecule has 0 radical (unpaired) electrons. The van der Waals surface area contributed by atoms with Crippen LogP contribution >= 0.6 is 11.9 Å². The Bertz CT molecular complexity index is 336. The molecule has 1 N–H and O–H groups in total. The van der Waals surface area contributed by atoms with E-state index in [-0.39, 0.29) is 5.75 Å². The summed E-state index contributed by atoms with van der Waals surface area (Å²) in [6, 6.07) is 4.46. The van der Waals surface area contributed by atoms with E-state index in [0.29, 0.717) is 11.3 Å². The molecule has 15 heavy (non-hydrogen) atoms. The molecule has 0 saturated heterocycles. The van der Waals surface area contributed by atoms with E-state index in [0.717, 1.165) is 16.4 Å². The van der Waals surface area contributed by atoms with E-state index in [1.54, 1.807) is 19.2 Å². The second-order valence-electron chi connectivity index (χ2n) is 2.78. The smallest absolute Gasteiger partial charge is 0.387 e. The van der Waals surface area contributed by atoms with E-state index < -0.39 is 6.61 Å². The van der Waals surface area contributed by atoms with Gasteiger partial charge in [-0.2, -0.15) is 13.2 Å². The Morgan fingerprint density at radius 2 is 2.13 bits per heavy atom. The number of aryl methyl sites for hydroxylation is 1. The van der Waals surface area contributed by atoms with Crippen LogP contribution in [0, 0.1) is 6.92 Å². The summed E-state index contributed by atoms with van der Waals surface area (Å²) in [7, 11) is 0. The van der Waals surface area contributed by atoms with Crippen molar-refractivity contribution >= 4 is 17.6 Å². The summed E-state index contributed by atoms with van der Waals surface area (Å²) < 4.78 is 29.1. The van der Waals surface area contributed by atoms with Crippen molar-refractivity contribution in [3.05, 3.63) is 23.8 Å². The minimum Gasteiger partial charge on any atom is -0.435 e. The SMILES string of the molecule is CSN(O)c1ccc(OC(F)F)c(C)c1. The summed E-state index contributed by atoms with van der Waals surface area (Å²) in [6.45, 7) is -1.20. The Hall–Kier alpha value is -1.01. The van der Waals surface area contributed by atoms with Gasteiger partial charge in [-0.25, -0.2) is 0 Å². The van der Waals surface area contributed by atoms with Gasteiger partial charge in [0.15, 0.2) is 0 Å². The molecule has 84 valence electrons. The van der Waals surface area contributed by atoms with Crippen molar-refractivity contribution < 1.29 is 18.7 Å². The number of rotatable bonds is 4. The molecular formula is C9H11F2NO2S. The lowest BCUT2D eigenvalue weighted by Gasteiger charge is -2.15. The van der Waals surface area contributed by atoms with Crippen LogP contribution < -0.4 is 9.21 Å². The number of ether oxygens (including phenoxy) is 1. The topological polar surface area (TPSA) is 32.7 Å². The Labute approximate surface area is 90.7 Å². The van der Waals surface area contributed by atoms with Gasteiger partial charge in [0.1, 0.15) is 5.75 Å². The van der Waals surface area contributed by atoms with Gasteiger partial charge in [0.05, 0.1) is 5.69 Å². The molecule has 3 nitrogen and oxygen atoms in total. The van der Waals surface area contributed by atoms with Gasteiger partial charge in [0, 0.05) is 6.26 Å². The van der Waals surface area contributed by atoms with Crippen molar-refractivity contribution in [2.45, 2.75) is 13.5 Å². The third kappa shape index (κ3) is 3.24. The van der Waals surface area contributed by atoms with Gasteiger partial charge < -0.3 is 4.74 Å². The predicted molar refractivity (Wildman–Crippen MR) is 55.6 cm³/mol. The Morgan fingerprint density at radius 1 is 1.47 bits per heavy atom. The molecule has 0 heterocycles. The molecule has 0 aliphatic carbocycles. The minimum atomic E-state index is -2.83. The van der Waals surface area contributed by atoms with E-state index in [9.17, 15) is 14.0 Å². The van der Waals surface area contributed by atoms with E-state index in [4.69, 9.17) is 0 Å². The fourth-order valence-electron chi connectivity index (χ4n) is 1.09. The number of hydrogen-bond donors (Lipinski definition) is 1. The second-order valence-corrected chi connectivity index (χ2v) is 3.49. The number of halogens is 2. The average Bonchev–Trinajstić information content (AvgIpc) is 2.19. The van der Waals surface area contributed by atoms with Crippen LogP contribution in [-0.2, 0) is 0 Å². The van der Waals surface area contributed by atoms with Crippen LogP contribution in [0.1, 0.15) is 5.56 Å². The van der Waals surface area contributed by atoms with Crippen molar-refractivity contribution in [2.24, 2.45) is 0 Å². The lowest BCUT2D eigenvalue weighted by Crippen LogP contribution is -2.07. The average molecular weight is 235 g/mol. The zero-order chi connectivity index (χ0) is 11.4. The van der Waals surface area contributed by atoms with Crippen LogP contribution in [0.5, 0.6) is 5.75 Å². The molecule has 0 aliphatic rings. The van der Waals surface area contributed by atoms with E-state index in [2.05, 4.69) is 4.74 Å². The molecular weight excluding hydrogens is 224 g/mol. The van der Waals surface area contributed by atoms with Gasteiger partial charge in [-0.05, 0) is 42.6 Å². The number of anilines is 1. The summed E-state index contributed by atoms with van der Waals surface area (Å²) in [6.07, 6.45) is 1.69. The zero-order valence-corrected chi connectivity index (χ0v) is 9.09. The largest absolute Gasteiger partial charge is 0.435 e. The third-order valence-corrected chi connectivity index (χ3v) is 2.33. The summed E-state index contributed by atoms with van der Waals surface area (Å²) in [4.78, 5) is 0. The molecule has 1 aromatic carbocycles. The number of alkyl halides is 2. The predicted octanol–water partition coefficient (Wildman–Crippen LogP) is 3.07. The Morgan fingerprint density at radius 3 is 2.60 bits per heavy atom. The molecule has 1 rings (SSSR count). The number of benzene rings is 1. The van der Waals surface area contributed by atoms with E-state index >= 15 is 0 Å². The summed E-state index contributed by atoms with van der Waals surface area (Å²) in [5.74, 6) is 0.114. The zero-order valence-electron chi connectivity index (χ0n) is 8.28. The molecule has 6 heteroatoms. The highest BCUT2D eigenvalue weighted by atomic mass is 32.2. The van der Waals surface area contributed by atoms with Gasteiger partial charge in [-0.15, -0.1) is 0 Å². The van der Waals surface area contributed by atoms with Crippen LogP contribution in [0.25, 0.3) is 0 Å². The van der Waals surface area contributed by atoms with Gasteiger partial charge in [0.2, 0.25) is 0 Å². The normalized spacial score (nSPS) is 10.5. The molecule has 0 spiro atoms. The first-order valence-electron chi connectivity index (χ1n) is 4.13. The monoisotopic (exact) mass is 235 g/mol. The molecule has 0 aromatic heterocycles. The summed E-state index contributed by atoms with van der Waals surface area (Å²) in [5.41, 5.74) is 1.06. The van der Waals surface area contributed by atoms with Crippen LogP contribution in [0.15, 0.2) is 18.2 Å². The molecule has 0 unspecified atom stereocenters. The Balaban J connectivity index is 2.88. The lowest BCUT2D eigenvalue weighted by molar-refractivity contribution is -0.0502.